The zero-order chi connectivity index (χ0) is 50.4. The topological polar surface area (TPSA) is 73.8 Å². The van der Waals surface area contributed by atoms with Gasteiger partial charge in [-0.2, -0.15) is 0 Å². The van der Waals surface area contributed by atoms with Crippen molar-refractivity contribution < 1.29 is 37.3 Å². The lowest BCUT2D eigenvalue weighted by molar-refractivity contribution is -0.296. The zero-order valence-electron chi connectivity index (χ0n) is 43.2. The van der Waals surface area contributed by atoms with Crippen molar-refractivity contribution in [2.75, 3.05) is 13.2 Å². The van der Waals surface area contributed by atoms with Gasteiger partial charge in [-0.25, -0.2) is 0 Å². The molecule has 4 heterocycles. The highest BCUT2D eigenvalue weighted by atomic mass is 28.4. The second-order valence-electron chi connectivity index (χ2n) is 22.0. The van der Waals surface area contributed by atoms with Crippen LogP contribution in [0, 0.1) is 0 Å². The summed E-state index contributed by atoms with van der Waals surface area (Å²) in [6.07, 6.45) is 6.55. The minimum absolute atomic E-state index is 0.187. The second kappa shape index (κ2) is 22.9. The number of rotatable bonds is 16. The first kappa shape index (κ1) is 52.3. The van der Waals surface area contributed by atoms with Crippen molar-refractivity contribution in [1.82, 2.24) is 0 Å². The summed E-state index contributed by atoms with van der Waals surface area (Å²) in [6, 6.07) is 53.7. The Kier molecular flexibility index (Phi) is 16.6. The van der Waals surface area contributed by atoms with E-state index in [1.165, 1.54) is 20.7 Å². The summed E-state index contributed by atoms with van der Waals surface area (Å²) in [6.45, 7) is 23.9. The standard InChI is InChI=1S/C62H76O8Si2/c1-9-50-52(67-55-42-56-59(69-51(55)10-2)60(64-43-45-28-16-11-17-29-45)58-54(68-56)38-26-27-41-63-58)39-40-53(70-72(62(6,7)8,48-34-22-14-23-35-48)49-36-24-15-25-37-49)57(66-50)44-65-71(61(3,4)5,46-30-18-12-19-31-46)47-32-20-13-21-33-47/h9-37,50-60H,1-2,38-44H2,3-8H3/t50-,51+,52+,53-,54-,55-,56+,57+,58-,59+,60+/m0/s1. The summed E-state index contributed by atoms with van der Waals surface area (Å²) >= 11 is 0. The van der Waals surface area contributed by atoms with Gasteiger partial charge in [-0.3, -0.25) is 0 Å². The SMILES string of the molecule is C=C[C@@H]1O[C@H](CO[Si](c2ccccc2)(c2ccccc2)C(C)(C)C)[C@@H](O[Si](c2ccccc2)(c2ccccc2)C(C)(C)C)CC[C@H]1O[C@H]1C[C@H]2O[C@H]3CC=CCO[C@@H]3[C@@H](OCc3ccccc3)[C@@H]2O[C@@H]1C=C. The van der Waals surface area contributed by atoms with Gasteiger partial charge in [0.2, 0.25) is 0 Å². The maximum atomic E-state index is 8.11. The molecule has 3 saturated heterocycles. The first-order valence-corrected chi connectivity index (χ1v) is 30.0. The molecule has 0 aliphatic carbocycles. The predicted octanol–water partition coefficient (Wildman–Crippen LogP) is 10.0. The summed E-state index contributed by atoms with van der Waals surface area (Å²) in [5.41, 5.74) is 1.09. The fourth-order valence-corrected chi connectivity index (χ4v) is 21.2. The Labute approximate surface area is 431 Å². The molecule has 3 fully saturated rings. The molecule has 0 aromatic heterocycles. The molecule has 72 heavy (non-hydrogen) atoms. The van der Waals surface area contributed by atoms with E-state index in [1.807, 2.05) is 30.4 Å². The van der Waals surface area contributed by atoms with Gasteiger partial charge in [0.25, 0.3) is 16.6 Å². The van der Waals surface area contributed by atoms with E-state index < -0.39 is 34.9 Å². The molecular formula is C62H76O8Si2. The number of hydrogen-bond donors (Lipinski definition) is 0. The van der Waals surface area contributed by atoms with Gasteiger partial charge in [0, 0.05) is 6.42 Å². The van der Waals surface area contributed by atoms with E-state index in [0.717, 1.165) is 12.0 Å². The van der Waals surface area contributed by atoms with Gasteiger partial charge in [-0.15, -0.1) is 13.2 Å². The average molecular weight is 1010 g/mol. The number of fused-ring (bicyclic) bond motifs is 2. The second-order valence-corrected chi connectivity index (χ2v) is 30.5. The van der Waals surface area contributed by atoms with Crippen LogP contribution in [-0.4, -0.2) is 97.0 Å². The lowest BCUT2D eigenvalue weighted by atomic mass is 9.86. The molecule has 5 aromatic rings. The van der Waals surface area contributed by atoms with Gasteiger partial charge in [0.1, 0.15) is 36.6 Å². The van der Waals surface area contributed by atoms with Crippen LogP contribution in [0.15, 0.2) is 189 Å². The van der Waals surface area contributed by atoms with Gasteiger partial charge in [-0.05, 0) is 55.6 Å². The van der Waals surface area contributed by atoms with Crippen molar-refractivity contribution in [1.29, 1.82) is 0 Å². The third kappa shape index (κ3) is 10.8. The summed E-state index contributed by atoms with van der Waals surface area (Å²) in [5.74, 6) is 0. The molecule has 380 valence electrons. The van der Waals surface area contributed by atoms with Crippen molar-refractivity contribution in [3.05, 3.63) is 195 Å². The molecule has 9 rings (SSSR count). The van der Waals surface area contributed by atoms with Crippen LogP contribution in [0.2, 0.25) is 10.1 Å². The Morgan fingerprint density at radius 3 is 1.58 bits per heavy atom. The van der Waals surface area contributed by atoms with Crippen molar-refractivity contribution in [3.8, 4) is 0 Å². The fourth-order valence-electron chi connectivity index (χ4n) is 11.9. The number of benzene rings is 5. The molecular weight excluding hydrogens is 929 g/mol. The van der Waals surface area contributed by atoms with Crippen LogP contribution < -0.4 is 20.7 Å². The van der Waals surface area contributed by atoms with Gasteiger partial charge in [-0.1, -0.05) is 218 Å². The maximum Gasteiger partial charge on any atom is 0.261 e. The highest BCUT2D eigenvalue weighted by Gasteiger charge is 2.56. The molecule has 0 spiro atoms. The summed E-state index contributed by atoms with van der Waals surface area (Å²) in [7, 11) is -6.10. The van der Waals surface area contributed by atoms with E-state index in [4.69, 9.17) is 37.3 Å². The highest BCUT2D eigenvalue weighted by Crippen LogP contribution is 2.43. The maximum absolute atomic E-state index is 8.11. The van der Waals surface area contributed by atoms with E-state index in [1.54, 1.807) is 0 Å². The van der Waals surface area contributed by atoms with Gasteiger partial charge in [0.15, 0.2) is 0 Å². The van der Waals surface area contributed by atoms with Crippen LogP contribution in [0.5, 0.6) is 0 Å². The molecule has 4 aliphatic heterocycles. The lowest BCUT2D eigenvalue weighted by Crippen LogP contribution is -2.69. The van der Waals surface area contributed by atoms with E-state index >= 15 is 0 Å². The highest BCUT2D eigenvalue weighted by molar-refractivity contribution is 7.00. The molecule has 0 unspecified atom stereocenters. The number of ether oxygens (including phenoxy) is 6. The Morgan fingerprint density at radius 2 is 1.06 bits per heavy atom. The first-order chi connectivity index (χ1) is 34.9. The van der Waals surface area contributed by atoms with E-state index in [2.05, 4.69) is 200 Å². The van der Waals surface area contributed by atoms with Crippen LogP contribution in [-0.2, 0) is 43.9 Å². The van der Waals surface area contributed by atoms with E-state index in [9.17, 15) is 0 Å². The largest absolute Gasteiger partial charge is 0.405 e. The summed E-state index contributed by atoms with van der Waals surface area (Å²) in [5, 5.41) is 4.33. The average Bonchev–Trinajstić information content (AvgIpc) is 3.73. The van der Waals surface area contributed by atoms with Gasteiger partial charge in [0.05, 0.1) is 50.3 Å². The van der Waals surface area contributed by atoms with Crippen LogP contribution >= 0.6 is 0 Å². The predicted molar refractivity (Wildman–Crippen MR) is 293 cm³/mol. The third-order valence-corrected chi connectivity index (χ3v) is 25.4. The van der Waals surface area contributed by atoms with Crippen LogP contribution in [0.4, 0.5) is 0 Å². The molecule has 0 amide bonds. The van der Waals surface area contributed by atoms with E-state index in [0.29, 0.717) is 39.1 Å². The quantitative estimate of drug-likeness (QED) is 0.0715. The molecule has 5 aromatic carbocycles. The molecule has 8 nitrogen and oxygen atoms in total. The van der Waals surface area contributed by atoms with Crippen LogP contribution in [0.3, 0.4) is 0 Å². The minimum atomic E-state index is -3.09. The number of hydrogen-bond acceptors (Lipinski definition) is 8. The van der Waals surface area contributed by atoms with Crippen molar-refractivity contribution >= 4 is 37.4 Å². The van der Waals surface area contributed by atoms with Crippen molar-refractivity contribution in [3.63, 3.8) is 0 Å². The fraction of sp³-hybridized carbons (Fsp3) is 0.419. The van der Waals surface area contributed by atoms with E-state index in [-0.39, 0.29) is 58.9 Å². The van der Waals surface area contributed by atoms with Crippen LogP contribution in [0.25, 0.3) is 0 Å². The Bertz CT molecular complexity index is 2440. The molecule has 0 saturated carbocycles. The summed E-state index contributed by atoms with van der Waals surface area (Å²) in [4.78, 5) is 0. The molecule has 10 heteroatoms. The van der Waals surface area contributed by atoms with Gasteiger partial charge >= 0.3 is 0 Å². The van der Waals surface area contributed by atoms with Crippen molar-refractivity contribution in [2.24, 2.45) is 0 Å². The van der Waals surface area contributed by atoms with Crippen LogP contribution in [0.1, 0.15) is 72.8 Å². The molecule has 0 N–H and O–H groups in total. The van der Waals surface area contributed by atoms with Crippen molar-refractivity contribution in [2.45, 2.75) is 151 Å². The Morgan fingerprint density at radius 1 is 0.556 bits per heavy atom. The summed E-state index contributed by atoms with van der Waals surface area (Å²) < 4.78 is 57.9. The lowest BCUT2D eigenvalue weighted by Gasteiger charge is -2.51. The molecule has 11 atom stereocenters. The Balaban J connectivity index is 1.06. The smallest absolute Gasteiger partial charge is 0.261 e. The Hall–Kier alpha value is -4.57. The first-order valence-electron chi connectivity index (χ1n) is 26.2. The van der Waals surface area contributed by atoms with Gasteiger partial charge < -0.3 is 37.3 Å². The third-order valence-electron chi connectivity index (χ3n) is 15.4. The monoisotopic (exact) mass is 1000 g/mol. The molecule has 0 bridgehead atoms. The normalized spacial score (nSPS) is 28.2. The molecule has 4 aliphatic rings. The minimum Gasteiger partial charge on any atom is -0.405 e. The zero-order valence-corrected chi connectivity index (χ0v) is 45.2. The molecule has 0 radical (unpaired) electrons.